The lowest BCUT2D eigenvalue weighted by atomic mass is 9.84. The highest BCUT2D eigenvalue weighted by atomic mass is 16.6. The quantitative estimate of drug-likeness (QED) is 0.0787. The molecule has 0 saturated carbocycles. The monoisotopic (exact) mass is 730 g/mol. The number of cyclic esters (lactones) is 1. The zero-order valence-electron chi connectivity index (χ0n) is 33.9. The molecule has 1 atom stereocenters. The molecule has 5 rings (SSSR count). The number of carbonyl (C=O) groups excluding carboxylic acids is 1. The second-order valence-electron chi connectivity index (χ2n) is 13.7. The normalized spacial score (nSPS) is 14.7. The third kappa shape index (κ3) is 8.08. The number of carbonyl (C=O) groups is 1. The highest BCUT2D eigenvalue weighted by Gasteiger charge is 2.45. The van der Waals surface area contributed by atoms with Gasteiger partial charge in [-0.15, -0.1) is 0 Å². The van der Waals surface area contributed by atoms with E-state index in [0.29, 0.717) is 18.8 Å². The molecule has 54 heavy (non-hydrogen) atoms. The molecule has 0 bridgehead atoms. The van der Waals surface area contributed by atoms with Gasteiger partial charge in [-0.25, -0.2) is 4.79 Å². The molecular formula is C46H58N4O4. The number of benzene rings is 4. The van der Waals surface area contributed by atoms with Gasteiger partial charge in [-0.3, -0.25) is 0 Å². The van der Waals surface area contributed by atoms with E-state index < -0.39 is 5.60 Å². The Balaban J connectivity index is 1.76. The lowest BCUT2D eigenvalue weighted by molar-refractivity contribution is 0.0275. The summed E-state index contributed by atoms with van der Waals surface area (Å²) >= 11 is 0. The summed E-state index contributed by atoms with van der Waals surface area (Å²) in [5.41, 5.74) is 8.10. The fraction of sp³-hybridized carbons (Fsp3) is 0.370. The van der Waals surface area contributed by atoms with E-state index >= 15 is 0 Å². The Bertz CT molecular complexity index is 1890. The van der Waals surface area contributed by atoms with E-state index in [-0.39, 0.29) is 5.97 Å². The number of hydrogen-bond donors (Lipinski definition) is 0. The molecule has 4 aromatic carbocycles. The summed E-state index contributed by atoms with van der Waals surface area (Å²) in [4.78, 5) is 22.4. The number of ether oxygens (including phenoxy) is 3. The number of fused-ring (bicyclic) bond motifs is 1. The van der Waals surface area contributed by atoms with Crippen molar-refractivity contribution in [2.75, 3.05) is 87.2 Å². The standard InChI is InChI=1S/C46H58N4O4/c1-11-49(12-2)36-23-26-39(43(31-36)52-15-5)38(40-27-24-37(50(13-3)14-4)32-44(40)53-16-6)18-17-29-46(33-19-21-34(22-20-33)47(7)8)42-28-25-35(48(9)10)30-41(42)45(51)54-46/h17-32H,11-16H2,1-10H3. The zero-order chi connectivity index (χ0) is 39.0. The van der Waals surface area contributed by atoms with E-state index in [9.17, 15) is 4.79 Å². The van der Waals surface area contributed by atoms with Gasteiger partial charge in [-0.05, 0) is 102 Å². The largest absolute Gasteiger partial charge is 0.493 e. The predicted molar refractivity (Wildman–Crippen MR) is 226 cm³/mol. The molecule has 0 aliphatic carbocycles. The molecular weight excluding hydrogens is 673 g/mol. The number of hydrogen-bond acceptors (Lipinski definition) is 8. The van der Waals surface area contributed by atoms with Gasteiger partial charge in [-0.1, -0.05) is 30.4 Å². The number of nitrogens with zero attached hydrogens (tertiary/aromatic N) is 4. The van der Waals surface area contributed by atoms with Gasteiger partial charge in [0, 0.05) is 112 Å². The average Bonchev–Trinajstić information content (AvgIpc) is 3.46. The van der Waals surface area contributed by atoms with Gasteiger partial charge < -0.3 is 33.8 Å². The first-order chi connectivity index (χ1) is 26.0. The molecule has 0 spiro atoms. The Hall–Kier alpha value is -5.37. The van der Waals surface area contributed by atoms with Crippen LogP contribution in [0.15, 0.2) is 97.1 Å². The third-order valence-electron chi connectivity index (χ3n) is 10.2. The number of anilines is 4. The van der Waals surface area contributed by atoms with Crippen molar-refractivity contribution in [1.29, 1.82) is 0 Å². The molecule has 1 aliphatic heterocycles. The van der Waals surface area contributed by atoms with Crippen molar-refractivity contribution in [1.82, 2.24) is 0 Å². The predicted octanol–water partition coefficient (Wildman–Crippen LogP) is 9.41. The van der Waals surface area contributed by atoms with Crippen LogP contribution in [0.5, 0.6) is 11.5 Å². The molecule has 4 aromatic rings. The summed E-state index contributed by atoms with van der Waals surface area (Å²) in [6.07, 6.45) is 6.12. The maximum absolute atomic E-state index is 13.7. The van der Waals surface area contributed by atoms with Crippen LogP contribution >= 0.6 is 0 Å². The molecule has 0 saturated heterocycles. The van der Waals surface area contributed by atoms with Gasteiger partial charge in [0.15, 0.2) is 5.60 Å². The lowest BCUT2D eigenvalue weighted by Gasteiger charge is -2.27. The van der Waals surface area contributed by atoms with Crippen LogP contribution in [0.2, 0.25) is 0 Å². The first kappa shape index (κ1) is 39.8. The summed E-state index contributed by atoms with van der Waals surface area (Å²) in [5, 5.41) is 0. The summed E-state index contributed by atoms with van der Waals surface area (Å²) in [6, 6.07) is 27.1. The highest BCUT2D eigenvalue weighted by Crippen LogP contribution is 2.45. The van der Waals surface area contributed by atoms with E-state index in [1.807, 2.05) is 89.4 Å². The van der Waals surface area contributed by atoms with Crippen molar-refractivity contribution in [2.45, 2.75) is 47.1 Å². The van der Waals surface area contributed by atoms with Crippen molar-refractivity contribution in [3.8, 4) is 11.5 Å². The molecule has 8 nitrogen and oxygen atoms in total. The topological polar surface area (TPSA) is 57.7 Å². The summed E-state index contributed by atoms with van der Waals surface area (Å²) in [5.74, 6) is 1.23. The fourth-order valence-corrected chi connectivity index (χ4v) is 7.19. The molecule has 0 radical (unpaired) electrons. The molecule has 1 aliphatic rings. The van der Waals surface area contributed by atoms with E-state index in [4.69, 9.17) is 14.2 Å². The first-order valence-corrected chi connectivity index (χ1v) is 19.3. The van der Waals surface area contributed by atoms with Gasteiger partial charge in [0.2, 0.25) is 0 Å². The van der Waals surface area contributed by atoms with Gasteiger partial charge >= 0.3 is 5.97 Å². The molecule has 0 amide bonds. The van der Waals surface area contributed by atoms with Crippen molar-refractivity contribution in [2.24, 2.45) is 0 Å². The van der Waals surface area contributed by atoms with Crippen LogP contribution < -0.4 is 29.1 Å². The first-order valence-electron chi connectivity index (χ1n) is 19.3. The van der Waals surface area contributed by atoms with E-state index in [2.05, 4.69) is 97.0 Å². The Morgan fingerprint density at radius 2 is 1.11 bits per heavy atom. The summed E-state index contributed by atoms with van der Waals surface area (Å²) < 4.78 is 19.2. The maximum atomic E-state index is 13.7. The number of allylic oxidation sites excluding steroid dienone is 2. The minimum Gasteiger partial charge on any atom is -0.493 e. The smallest absolute Gasteiger partial charge is 0.340 e. The van der Waals surface area contributed by atoms with Crippen LogP contribution in [0, 0.1) is 0 Å². The number of rotatable bonds is 17. The average molecular weight is 731 g/mol. The van der Waals surface area contributed by atoms with E-state index in [1.54, 1.807) is 0 Å². The second-order valence-corrected chi connectivity index (χ2v) is 13.7. The summed E-state index contributed by atoms with van der Waals surface area (Å²) in [7, 11) is 7.97. The molecule has 0 N–H and O–H groups in total. The van der Waals surface area contributed by atoms with Crippen LogP contribution in [-0.2, 0) is 10.3 Å². The maximum Gasteiger partial charge on any atom is 0.340 e. The Morgan fingerprint density at radius 1 is 0.630 bits per heavy atom. The van der Waals surface area contributed by atoms with Crippen LogP contribution in [0.1, 0.15) is 74.2 Å². The highest BCUT2D eigenvalue weighted by molar-refractivity contribution is 5.97. The van der Waals surface area contributed by atoms with E-state index in [1.165, 1.54) is 0 Å². The lowest BCUT2D eigenvalue weighted by Crippen LogP contribution is -2.25. The van der Waals surface area contributed by atoms with Crippen molar-refractivity contribution in [3.63, 3.8) is 0 Å². The van der Waals surface area contributed by atoms with Crippen LogP contribution in [0.3, 0.4) is 0 Å². The van der Waals surface area contributed by atoms with Gasteiger partial charge in [-0.2, -0.15) is 0 Å². The molecule has 0 aromatic heterocycles. The summed E-state index contributed by atoms with van der Waals surface area (Å²) in [6.45, 7) is 17.3. The second kappa shape index (κ2) is 17.6. The minimum atomic E-state index is -1.14. The SMILES string of the molecule is CCOc1cc(N(CC)CC)ccc1C(=CC=CC1(c2ccc(N(C)C)cc2)OC(=O)c2cc(N(C)C)ccc21)c1ccc(N(CC)CC)cc1OCC. The van der Waals surface area contributed by atoms with Crippen LogP contribution in [-0.4, -0.2) is 73.6 Å². The van der Waals surface area contributed by atoms with Gasteiger partial charge in [0.05, 0.1) is 18.8 Å². The van der Waals surface area contributed by atoms with Crippen LogP contribution in [0.4, 0.5) is 22.7 Å². The van der Waals surface area contributed by atoms with Crippen molar-refractivity contribution in [3.05, 3.63) is 125 Å². The van der Waals surface area contributed by atoms with Crippen molar-refractivity contribution >= 4 is 34.3 Å². The van der Waals surface area contributed by atoms with E-state index in [0.717, 1.165) is 88.3 Å². The Labute approximate surface area is 323 Å². The Kier molecular flexibility index (Phi) is 13.0. The fourth-order valence-electron chi connectivity index (χ4n) is 7.19. The molecule has 1 heterocycles. The molecule has 286 valence electrons. The third-order valence-corrected chi connectivity index (χ3v) is 10.2. The van der Waals surface area contributed by atoms with Gasteiger partial charge in [0.1, 0.15) is 11.5 Å². The molecule has 0 fully saturated rings. The minimum absolute atomic E-state index is 0.351. The Morgan fingerprint density at radius 3 is 1.57 bits per heavy atom. The number of esters is 1. The molecule has 1 unspecified atom stereocenters. The van der Waals surface area contributed by atoms with Crippen molar-refractivity contribution < 1.29 is 19.0 Å². The zero-order valence-corrected chi connectivity index (χ0v) is 33.9. The molecule has 8 heteroatoms. The van der Waals surface area contributed by atoms with Gasteiger partial charge in [0.25, 0.3) is 0 Å². The van der Waals surface area contributed by atoms with Crippen LogP contribution in [0.25, 0.3) is 5.57 Å².